The molecule has 8 nitrogen and oxygen atoms in total. The lowest BCUT2D eigenvalue weighted by molar-refractivity contribution is -0.135. The first-order valence-electron chi connectivity index (χ1n) is 15.1. The van der Waals surface area contributed by atoms with Crippen molar-refractivity contribution in [3.05, 3.63) is 46.3 Å². The van der Waals surface area contributed by atoms with Gasteiger partial charge in [-0.25, -0.2) is 4.39 Å². The van der Waals surface area contributed by atoms with Gasteiger partial charge in [-0.3, -0.25) is 14.3 Å². The van der Waals surface area contributed by atoms with E-state index in [1.807, 2.05) is 0 Å². The van der Waals surface area contributed by atoms with Crippen LogP contribution in [0.1, 0.15) is 71.4 Å². The third-order valence-corrected chi connectivity index (χ3v) is 10.7. The SMILES string of the molecule is Cc1cccc(N2CCN(C(=O)Cn3nc(C(=O)N4CC[C@H](O)[C@H](F)C4)c4c3CC3C4[C@@H]3C)[C@H]3CCC[C@@H]32)c1C. The molecule has 5 aliphatic rings. The number of aromatic nitrogens is 2. The number of amides is 2. The number of benzene rings is 1. The minimum Gasteiger partial charge on any atom is -0.390 e. The summed E-state index contributed by atoms with van der Waals surface area (Å²) in [4.78, 5) is 33.5. The van der Waals surface area contributed by atoms with Crippen LogP contribution in [0.2, 0.25) is 0 Å². The summed E-state index contributed by atoms with van der Waals surface area (Å²) in [6, 6.07) is 6.99. The van der Waals surface area contributed by atoms with E-state index in [1.165, 1.54) is 21.7 Å². The Kier molecular flexibility index (Phi) is 6.22. The van der Waals surface area contributed by atoms with Crippen LogP contribution in [-0.4, -0.2) is 87.0 Å². The molecule has 2 aromatic rings. The molecule has 2 unspecified atom stereocenters. The van der Waals surface area contributed by atoms with Gasteiger partial charge in [-0.1, -0.05) is 19.1 Å². The van der Waals surface area contributed by atoms with Crippen molar-refractivity contribution >= 4 is 17.5 Å². The minimum atomic E-state index is -1.44. The predicted molar refractivity (Wildman–Crippen MR) is 149 cm³/mol. The van der Waals surface area contributed by atoms with E-state index in [9.17, 15) is 19.1 Å². The van der Waals surface area contributed by atoms with Gasteiger partial charge in [0.25, 0.3) is 5.91 Å². The van der Waals surface area contributed by atoms with Crippen LogP contribution in [0.15, 0.2) is 18.2 Å². The number of carbonyl (C=O) groups is 2. The number of rotatable bonds is 4. The van der Waals surface area contributed by atoms with Gasteiger partial charge in [0, 0.05) is 42.6 Å². The fourth-order valence-electron chi connectivity index (χ4n) is 8.22. The summed E-state index contributed by atoms with van der Waals surface area (Å²) in [6.07, 6.45) is 1.80. The quantitative estimate of drug-likeness (QED) is 0.634. The number of alkyl halides is 1. The van der Waals surface area contributed by atoms with E-state index >= 15 is 0 Å². The molecule has 2 amide bonds. The van der Waals surface area contributed by atoms with Crippen molar-refractivity contribution in [2.24, 2.45) is 11.8 Å². The Morgan fingerprint density at radius 3 is 2.70 bits per heavy atom. The van der Waals surface area contributed by atoms with Gasteiger partial charge >= 0.3 is 0 Å². The Labute approximate surface area is 235 Å². The molecule has 3 aliphatic carbocycles. The largest absolute Gasteiger partial charge is 0.390 e. The van der Waals surface area contributed by atoms with Gasteiger partial charge in [-0.05, 0) is 80.9 Å². The molecule has 2 saturated heterocycles. The Balaban J connectivity index is 1.12. The third kappa shape index (κ3) is 3.98. The molecule has 9 heteroatoms. The second kappa shape index (κ2) is 9.57. The smallest absolute Gasteiger partial charge is 0.274 e. The molecule has 1 N–H and O–H groups in total. The van der Waals surface area contributed by atoms with Crippen molar-refractivity contribution < 1.29 is 19.1 Å². The van der Waals surface area contributed by atoms with Crippen LogP contribution in [0, 0.1) is 25.7 Å². The fourth-order valence-corrected chi connectivity index (χ4v) is 8.22. The lowest BCUT2D eigenvalue weighted by Crippen LogP contribution is -2.59. The number of piperazine rings is 1. The zero-order valence-electron chi connectivity index (χ0n) is 23.7. The molecule has 2 aliphatic heterocycles. The van der Waals surface area contributed by atoms with E-state index in [0.29, 0.717) is 42.6 Å². The monoisotopic (exact) mass is 549 g/mol. The lowest BCUT2D eigenvalue weighted by Gasteiger charge is -2.46. The maximum absolute atomic E-state index is 14.3. The highest BCUT2D eigenvalue weighted by Crippen LogP contribution is 2.62. The summed E-state index contributed by atoms with van der Waals surface area (Å²) in [5.74, 6) is 1.10. The van der Waals surface area contributed by atoms with Gasteiger partial charge < -0.3 is 19.8 Å². The van der Waals surface area contributed by atoms with Gasteiger partial charge in [0.2, 0.25) is 5.91 Å². The second-order valence-corrected chi connectivity index (χ2v) is 12.8. The highest BCUT2D eigenvalue weighted by atomic mass is 19.1. The average molecular weight is 550 g/mol. The van der Waals surface area contributed by atoms with Crippen molar-refractivity contribution in [1.82, 2.24) is 19.6 Å². The van der Waals surface area contributed by atoms with Gasteiger partial charge in [-0.2, -0.15) is 5.10 Å². The zero-order chi connectivity index (χ0) is 27.9. The van der Waals surface area contributed by atoms with Gasteiger partial charge in [0.05, 0.1) is 18.7 Å². The minimum absolute atomic E-state index is 0.0698. The number of likely N-dealkylation sites (tertiary alicyclic amines) is 1. The van der Waals surface area contributed by atoms with Gasteiger partial charge in [-0.15, -0.1) is 0 Å². The van der Waals surface area contributed by atoms with E-state index in [0.717, 1.165) is 43.5 Å². The molecule has 40 heavy (non-hydrogen) atoms. The standard InChI is InChI=1S/C31H40FN5O3/c1-17-6-4-7-22(18(17)2)35-12-13-36(24-9-5-8-23(24)35)27(39)16-37-25-14-20-19(3)28(20)29(25)30(33-37)31(40)34-11-10-26(38)21(32)15-34/h4,6-7,19-21,23-24,26,28,38H,5,8-16H2,1-3H3/t19-,20?,21-,23+,24+,26+,28?/m1/s1. The molecule has 0 spiro atoms. The second-order valence-electron chi connectivity index (χ2n) is 12.8. The van der Waals surface area contributed by atoms with Crippen LogP contribution in [0.4, 0.5) is 10.1 Å². The molecule has 0 radical (unpaired) electrons. The van der Waals surface area contributed by atoms with E-state index in [2.05, 4.69) is 48.8 Å². The maximum atomic E-state index is 14.3. The average Bonchev–Trinajstić information content (AvgIpc) is 3.37. The summed E-state index contributed by atoms with van der Waals surface area (Å²) in [7, 11) is 0. The van der Waals surface area contributed by atoms with Crippen LogP contribution in [0.5, 0.6) is 0 Å². The molecule has 4 fully saturated rings. The first-order valence-corrected chi connectivity index (χ1v) is 15.1. The summed E-state index contributed by atoms with van der Waals surface area (Å²) in [6.45, 7) is 8.39. The number of piperidine rings is 1. The number of aliphatic hydroxyl groups is 1. The highest BCUT2D eigenvalue weighted by Gasteiger charge is 2.57. The summed E-state index contributed by atoms with van der Waals surface area (Å²) >= 11 is 0. The molecule has 7 rings (SSSR count). The Hall–Kier alpha value is -2.94. The molecule has 0 bridgehead atoms. The number of carbonyl (C=O) groups excluding carboxylic acids is 2. The number of hydrogen-bond donors (Lipinski definition) is 1. The molecule has 214 valence electrons. The number of anilines is 1. The number of aliphatic hydroxyl groups excluding tert-OH is 1. The Morgan fingerprint density at radius 1 is 1.10 bits per heavy atom. The van der Waals surface area contributed by atoms with Crippen molar-refractivity contribution in [2.45, 2.75) is 89.7 Å². The van der Waals surface area contributed by atoms with Crippen LogP contribution in [0.3, 0.4) is 0 Å². The van der Waals surface area contributed by atoms with Crippen LogP contribution < -0.4 is 4.90 Å². The number of halogens is 1. The molecule has 7 atom stereocenters. The van der Waals surface area contributed by atoms with Crippen molar-refractivity contribution in [2.75, 3.05) is 31.1 Å². The van der Waals surface area contributed by atoms with E-state index < -0.39 is 12.3 Å². The fraction of sp³-hybridized carbons (Fsp3) is 0.645. The Bertz CT molecular complexity index is 1360. The zero-order valence-corrected chi connectivity index (χ0v) is 23.7. The first-order chi connectivity index (χ1) is 19.2. The molecule has 1 aromatic carbocycles. The van der Waals surface area contributed by atoms with Crippen molar-refractivity contribution in [3.63, 3.8) is 0 Å². The van der Waals surface area contributed by atoms with Gasteiger partial charge in [0.15, 0.2) is 5.69 Å². The molecule has 3 heterocycles. The van der Waals surface area contributed by atoms with Crippen LogP contribution in [-0.2, 0) is 17.8 Å². The Morgan fingerprint density at radius 2 is 1.90 bits per heavy atom. The van der Waals surface area contributed by atoms with Crippen molar-refractivity contribution in [1.29, 1.82) is 0 Å². The van der Waals surface area contributed by atoms with Gasteiger partial charge in [0.1, 0.15) is 12.7 Å². The van der Waals surface area contributed by atoms with Crippen molar-refractivity contribution in [3.8, 4) is 0 Å². The third-order valence-electron chi connectivity index (χ3n) is 10.7. The predicted octanol–water partition coefficient (Wildman–Crippen LogP) is 3.22. The normalized spacial score (nSPS) is 32.6. The highest BCUT2D eigenvalue weighted by molar-refractivity contribution is 5.95. The molecule has 1 aromatic heterocycles. The molecular formula is C31H40FN5O3. The molecule has 2 saturated carbocycles. The lowest BCUT2D eigenvalue weighted by atomic mass is 10.00. The summed E-state index contributed by atoms with van der Waals surface area (Å²) < 4.78 is 16.1. The first kappa shape index (κ1) is 26.0. The molecular weight excluding hydrogens is 509 g/mol. The van der Waals surface area contributed by atoms with E-state index in [-0.39, 0.29) is 37.4 Å². The number of nitrogens with zero attached hydrogens (tertiary/aromatic N) is 5. The summed E-state index contributed by atoms with van der Waals surface area (Å²) in [5, 5.41) is 14.6. The van der Waals surface area contributed by atoms with Crippen LogP contribution >= 0.6 is 0 Å². The van der Waals surface area contributed by atoms with E-state index in [4.69, 9.17) is 5.10 Å². The maximum Gasteiger partial charge on any atom is 0.274 e. The number of aryl methyl sites for hydroxylation is 1. The topological polar surface area (TPSA) is 81.9 Å². The van der Waals surface area contributed by atoms with Crippen LogP contribution in [0.25, 0.3) is 0 Å². The summed E-state index contributed by atoms with van der Waals surface area (Å²) in [5.41, 5.74) is 6.27. The van der Waals surface area contributed by atoms with E-state index in [1.54, 1.807) is 4.68 Å². The number of hydrogen-bond acceptors (Lipinski definition) is 5. The number of fused-ring (bicyclic) bond motifs is 4.